The molecule has 0 aliphatic carbocycles. The van der Waals surface area contributed by atoms with Crippen LogP contribution in [0.4, 0.5) is 5.69 Å². The quantitative estimate of drug-likeness (QED) is 0.668. The Balaban J connectivity index is 1.86. The average Bonchev–Trinajstić information content (AvgIpc) is 2.79. The molecule has 2 N–H and O–H groups in total. The van der Waals surface area contributed by atoms with Gasteiger partial charge < -0.3 is 5.73 Å². The monoisotopic (exact) mass is 300 g/mol. The Morgan fingerprint density at radius 1 is 1.37 bits per heavy atom. The number of rotatable bonds is 5. The molecule has 19 heavy (non-hydrogen) atoms. The SMILES string of the molecule is CC1CCCN1S(=O)(=O)CCSc1ccc(N)cc1. The number of nitrogens with two attached hydrogens (primary N) is 1. The number of anilines is 1. The van der Waals surface area contributed by atoms with Crippen LogP contribution in [-0.2, 0) is 10.0 Å². The zero-order valence-electron chi connectivity index (χ0n) is 11.1. The highest BCUT2D eigenvalue weighted by molar-refractivity contribution is 8.00. The van der Waals surface area contributed by atoms with Crippen LogP contribution >= 0.6 is 11.8 Å². The molecule has 1 aromatic carbocycles. The van der Waals surface area contributed by atoms with Gasteiger partial charge in [-0.1, -0.05) is 0 Å². The van der Waals surface area contributed by atoms with E-state index in [1.54, 1.807) is 16.1 Å². The molecule has 1 aromatic rings. The fourth-order valence-corrected chi connectivity index (χ4v) is 5.30. The van der Waals surface area contributed by atoms with Crippen LogP contribution in [0.3, 0.4) is 0 Å². The van der Waals surface area contributed by atoms with Crippen LogP contribution in [0.15, 0.2) is 29.2 Å². The maximum Gasteiger partial charge on any atom is 0.215 e. The Hall–Kier alpha value is -0.720. The van der Waals surface area contributed by atoms with Crippen molar-refractivity contribution in [2.45, 2.75) is 30.7 Å². The van der Waals surface area contributed by atoms with Crippen LogP contribution in [0.2, 0.25) is 0 Å². The lowest BCUT2D eigenvalue weighted by Gasteiger charge is -2.20. The van der Waals surface area contributed by atoms with Gasteiger partial charge in [0.15, 0.2) is 0 Å². The molecule has 6 heteroatoms. The van der Waals surface area contributed by atoms with Gasteiger partial charge in [-0.2, -0.15) is 4.31 Å². The molecular weight excluding hydrogens is 280 g/mol. The van der Waals surface area contributed by atoms with E-state index in [0.29, 0.717) is 12.3 Å². The Morgan fingerprint density at radius 2 is 2.05 bits per heavy atom. The topological polar surface area (TPSA) is 63.4 Å². The second-order valence-electron chi connectivity index (χ2n) is 4.84. The van der Waals surface area contributed by atoms with E-state index >= 15 is 0 Å². The lowest BCUT2D eigenvalue weighted by molar-refractivity contribution is 0.409. The summed E-state index contributed by atoms with van der Waals surface area (Å²) in [7, 11) is -3.10. The number of nitrogens with zero attached hydrogens (tertiary/aromatic N) is 1. The molecule has 1 fully saturated rings. The van der Waals surface area contributed by atoms with Crippen molar-refractivity contribution in [3.8, 4) is 0 Å². The zero-order valence-corrected chi connectivity index (χ0v) is 12.7. The normalized spacial score (nSPS) is 20.8. The fraction of sp³-hybridized carbons (Fsp3) is 0.538. The summed E-state index contributed by atoms with van der Waals surface area (Å²) in [6, 6.07) is 7.67. The molecule has 0 aromatic heterocycles. The molecule has 1 unspecified atom stereocenters. The molecule has 0 radical (unpaired) electrons. The summed E-state index contributed by atoms with van der Waals surface area (Å²) in [5.41, 5.74) is 6.34. The van der Waals surface area contributed by atoms with Gasteiger partial charge in [0.25, 0.3) is 0 Å². The summed E-state index contributed by atoms with van der Waals surface area (Å²) in [4.78, 5) is 1.05. The van der Waals surface area contributed by atoms with Crippen LogP contribution in [0, 0.1) is 0 Å². The molecule has 2 rings (SSSR count). The van der Waals surface area contributed by atoms with Gasteiger partial charge in [-0.15, -0.1) is 11.8 Å². The van der Waals surface area contributed by atoms with Gasteiger partial charge >= 0.3 is 0 Å². The number of sulfonamides is 1. The van der Waals surface area contributed by atoms with E-state index in [1.807, 2.05) is 31.2 Å². The first-order valence-corrected chi connectivity index (χ1v) is 9.06. The predicted octanol–water partition coefficient (Wildman–Crippen LogP) is 2.18. The molecule has 1 saturated heterocycles. The minimum Gasteiger partial charge on any atom is -0.399 e. The molecular formula is C13H20N2O2S2. The van der Waals surface area contributed by atoms with Crippen molar-refractivity contribution >= 4 is 27.5 Å². The molecule has 1 aliphatic rings. The molecule has 1 atom stereocenters. The van der Waals surface area contributed by atoms with E-state index in [1.165, 1.54) is 0 Å². The third-order valence-electron chi connectivity index (χ3n) is 3.34. The first-order valence-electron chi connectivity index (χ1n) is 6.47. The Morgan fingerprint density at radius 3 is 2.63 bits per heavy atom. The summed E-state index contributed by atoms with van der Waals surface area (Å²) in [5.74, 6) is 0.780. The Kier molecular flexibility index (Phi) is 4.76. The lowest BCUT2D eigenvalue weighted by Crippen LogP contribution is -2.36. The molecule has 106 valence electrons. The van der Waals surface area contributed by atoms with Crippen molar-refractivity contribution in [3.05, 3.63) is 24.3 Å². The third-order valence-corrected chi connectivity index (χ3v) is 6.59. The average molecular weight is 300 g/mol. The van der Waals surface area contributed by atoms with E-state index in [9.17, 15) is 8.42 Å². The minimum absolute atomic E-state index is 0.159. The maximum absolute atomic E-state index is 12.2. The first-order chi connectivity index (χ1) is 8.99. The highest BCUT2D eigenvalue weighted by Gasteiger charge is 2.30. The number of benzene rings is 1. The van der Waals surface area contributed by atoms with E-state index in [2.05, 4.69) is 0 Å². The van der Waals surface area contributed by atoms with Crippen LogP contribution in [0.5, 0.6) is 0 Å². The highest BCUT2D eigenvalue weighted by atomic mass is 32.2. The van der Waals surface area contributed by atoms with Crippen molar-refractivity contribution in [2.75, 3.05) is 23.8 Å². The zero-order chi connectivity index (χ0) is 13.9. The van der Waals surface area contributed by atoms with Crippen LogP contribution in [0.25, 0.3) is 0 Å². The van der Waals surface area contributed by atoms with Crippen molar-refractivity contribution < 1.29 is 8.42 Å². The molecule has 0 saturated carbocycles. The van der Waals surface area contributed by atoms with E-state index in [0.717, 1.165) is 23.4 Å². The third kappa shape index (κ3) is 3.87. The Labute approximate surface area is 119 Å². The van der Waals surface area contributed by atoms with Crippen molar-refractivity contribution in [2.24, 2.45) is 0 Å². The number of nitrogen functional groups attached to an aromatic ring is 1. The summed E-state index contributed by atoms with van der Waals surface area (Å²) in [5, 5.41) is 0. The standard InChI is InChI=1S/C13H20N2O2S2/c1-11-3-2-8-15(11)19(16,17)10-9-18-13-6-4-12(14)5-7-13/h4-7,11H,2-3,8-10,14H2,1H3. The molecule has 4 nitrogen and oxygen atoms in total. The van der Waals surface area contributed by atoms with Crippen molar-refractivity contribution in [3.63, 3.8) is 0 Å². The smallest absolute Gasteiger partial charge is 0.215 e. The molecule has 0 bridgehead atoms. The van der Waals surface area contributed by atoms with Gasteiger partial charge in [-0.05, 0) is 44.0 Å². The van der Waals surface area contributed by atoms with Gasteiger partial charge in [0.05, 0.1) is 5.75 Å². The highest BCUT2D eigenvalue weighted by Crippen LogP contribution is 2.23. The second kappa shape index (κ2) is 6.15. The van der Waals surface area contributed by atoms with Gasteiger partial charge in [0, 0.05) is 28.9 Å². The fourth-order valence-electron chi connectivity index (χ4n) is 2.27. The molecule has 0 amide bonds. The largest absolute Gasteiger partial charge is 0.399 e. The summed E-state index contributed by atoms with van der Waals surface area (Å²) in [6.45, 7) is 2.66. The minimum atomic E-state index is -3.10. The van der Waals surface area contributed by atoms with Crippen molar-refractivity contribution in [1.82, 2.24) is 4.31 Å². The van der Waals surface area contributed by atoms with Gasteiger partial charge in [0.1, 0.15) is 0 Å². The maximum atomic E-state index is 12.2. The first kappa shape index (κ1) is 14.7. The second-order valence-corrected chi connectivity index (χ2v) is 8.04. The summed E-state index contributed by atoms with van der Waals surface area (Å²) >= 11 is 1.55. The molecule has 1 heterocycles. The number of hydrogen-bond donors (Lipinski definition) is 1. The van der Waals surface area contributed by atoms with Crippen LogP contribution in [-0.4, -0.2) is 36.8 Å². The number of thioether (sulfide) groups is 1. The van der Waals surface area contributed by atoms with Crippen LogP contribution in [0.1, 0.15) is 19.8 Å². The lowest BCUT2D eigenvalue weighted by atomic mass is 10.3. The van der Waals surface area contributed by atoms with Gasteiger partial charge in [-0.25, -0.2) is 8.42 Å². The van der Waals surface area contributed by atoms with Crippen molar-refractivity contribution in [1.29, 1.82) is 0 Å². The number of hydrogen-bond acceptors (Lipinski definition) is 4. The van der Waals surface area contributed by atoms with Gasteiger partial charge in [0.2, 0.25) is 10.0 Å². The van der Waals surface area contributed by atoms with Crippen LogP contribution < -0.4 is 5.73 Å². The summed E-state index contributed by atoms with van der Waals surface area (Å²) < 4.78 is 26.0. The van der Waals surface area contributed by atoms with E-state index in [-0.39, 0.29) is 11.8 Å². The Bertz CT molecular complexity index is 514. The van der Waals surface area contributed by atoms with E-state index in [4.69, 9.17) is 5.73 Å². The van der Waals surface area contributed by atoms with Gasteiger partial charge in [-0.3, -0.25) is 0 Å². The van der Waals surface area contributed by atoms with E-state index < -0.39 is 10.0 Å². The predicted molar refractivity (Wildman–Crippen MR) is 80.8 cm³/mol. The molecule has 1 aliphatic heterocycles. The molecule has 0 spiro atoms. The summed E-state index contributed by atoms with van der Waals surface area (Å²) in [6.07, 6.45) is 1.95.